The van der Waals surface area contributed by atoms with Crippen molar-refractivity contribution in [2.75, 3.05) is 13.1 Å². The first-order valence-electron chi connectivity index (χ1n) is 9.05. The lowest BCUT2D eigenvalue weighted by Crippen LogP contribution is -2.30. The number of carbonyl (C=O) groups is 1. The van der Waals surface area contributed by atoms with Gasteiger partial charge in [-0.05, 0) is 25.0 Å². The van der Waals surface area contributed by atoms with E-state index in [4.69, 9.17) is 9.72 Å². The molecule has 0 unspecified atom stereocenters. The van der Waals surface area contributed by atoms with Crippen LogP contribution in [-0.2, 0) is 11.8 Å². The Morgan fingerprint density at radius 2 is 2.19 bits per heavy atom. The third-order valence-corrected chi connectivity index (χ3v) is 4.80. The number of ether oxygens (including phenoxy) is 1. The van der Waals surface area contributed by atoms with Crippen molar-refractivity contribution in [2.45, 2.75) is 25.4 Å². The van der Waals surface area contributed by atoms with Gasteiger partial charge in [-0.3, -0.25) is 9.48 Å². The number of hydrogen-bond acceptors (Lipinski definition) is 5. The Kier molecular flexibility index (Phi) is 4.62. The number of aromatic nitrogens is 5. The number of amides is 1. The van der Waals surface area contributed by atoms with Gasteiger partial charge in [-0.2, -0.15) is 10.2 Å². The van der Waals surface area contributed by atoms with E-state index in [1.807, 2.05) is 30.4 Å². The molecule has 3 aromatic rings. The largest absolute Gasteiger partial charge is 0.473 e. The maximum atomic E-state index is 11.9. The van der Waals surface area contributed by atoms with Gasteiger partial charge in [-0.1, -0.05) is 6.58 Å². The van der Waals surface area contributed by atoms with Gasteiger partial charge in [-0.25, -0.2) is 9.50 Å². The molecule has 1 fully saturated rings. The standard InChI is InChI=1S/C19H22N6O2/c1-3-18(26)24-9-4-5-15(7-10-24)27-19-17-6-8-20-25(17)13-16(22-19)14-11-21-23(2)12-14/h3,6,8,11-13,15H,1,4-5,7,9-10H2,2H3/t15-/m1/s1. The van der Waals surface area contributed by atoms with Gasteiger partial charge in [0.05, 0.1) is 24.3 Å². The fourth-order valence-electron chi connectivity index (χ4n) is 3.37. The zero-order valence-electron chi connectivity index (χ0n) is 15.3. The Balaban J connectivity index is 1.59. The molecule has 0 saturated carbocycles. The fourth-order valence-corrected chi connectivity index (χ4v) is 3.37. The highest BCUT2D eigenvalue weighted by Crippen LogP contribution is 2.26. The van der Waals surface area contributed by atoms with Crippen LogP contribution in [0.25, 0.3) is 16.8 Å². The molecular weight excluding hydrogens is 344 g/mol. The molecule has 1 atom stereocenters. The molecule has 1 aliphatic heterocycles. The van der Waals surface area contributed by atoms with Gasteiger partial charge < -0.3 is 9.64 Å². The summed E-state index contributed by atoms with van der Waals surface area (Å²) in [7, 11) is 1.87. The lowest BCUT2D eigenvalue weighted by molar-refractivity contribution is -0.126. The number of hydrogen-bond donors (Lipinski definition) is 0. The lowest BCUT2D eigenvalue weighted by atomic mass is 10.1. The third-order valence-electron chi connectivity index (χ3n) is 4.80. The second-order valence-electron chi connectivity index (χ2n) is 6.70. The average molecular weight is 366 g/mol. The summed E-state index contributed by atoms with van der Waals surface area (Å²) < 4.78 is 9.78. The molecule has 27 heavy (non-hydrogen) atoms. The molecule has 4 heterocycles. The second-order valence-corrected chi connectivity index (χ2v) is 6.70. The molecule has 1 aliphatic rings. The van der Waals surface area contributed by atoms with Crippen molar-refractivity contribution in [2.24, 2.45) is 7.05 Å². The number of aryl methyl sites for hydroxylation is 1. The Morgan fingerprint density at radius 1 is 1.30 bits per heavy atom. The summed E-state index contributed by atoms with van der Waals surface area (Å²) in [5, 5.41) is 8.55. The normalized spacial score (nSPS) is 17.7. The molecule has 8 nitrogen and oxygen atoms in total. The monoisotopic (exact) mass is 366 g/mol. The number of likely N-dealkylation sites (tertiary alicyclic amines) is 1. The molecule has 4 rings (SSSR count). The third kappa shape index (κ3) is 3.55. The van der Waals surface area contributed by atoms with Crippen LogP contribution in [0.15, 0.2) is 43.5 Å². The van der Waals surface area contributed by atoms with Gasteiger partial charge in [0.1, 0.15) is 11.6 Å². The number of nitrogens with zero attached hydrogens (tertiary/aromatic N) is 6. The van der Waals surface area contributed by atoms with E-state index in [0.717, 1.165) is 42.6 Å². The van der Waals surface area contributed by atoms with Crippen LogP contribution >= 0.6 is 0 Å². The molecule has 0 spiro atoms. The van der Waals surface area contributed by atoms with Crippen molar-refractivity contribution >= 4 is 11.4 Å². The van der Waals surface area contributed by atoms with Gasteiger partial charge in [0.25, 0.3) is 0 Å². The molecule has 0 bridgehead atoms. The lowest BCUT2D eigenvalue weighted by Gasteiger charge is -2.19. The molecule has 8 heteroatoms. The maximum Gasteiger partial charge on any atom is 0.245 e. The van der Waals surface area contributed by atoms with Gasteiger partial charge in [0.2, 0.25) is 11.8 Å². The van der Waals surface area contributed by atoms with E-state index in [2.05, 4.69) is 16.8 Å². The molecule has 0 aliphatic carbocycles. The molecular formula is C19H22N6O2. The van der Waals surface area contributed by atoms with Crippen LogP contribution in [0.2, 0.25) is 0 Å². The summed E-state index contributed by atoms with van der Waals surface area (Å²) in [5.74, 6) is 0.535. The van der Waals surface area contributed by atoms with Crippen LogP contribution in [0.5, 0.6) is 5.88 Å². The minimum atomic E-state index is -0.0227. The summed E-state index contributed by atoms with van der Waals surface area (Å²) in [6.07, 6.45) is 11.2. The van der Waals surface area contributed by atoms with Crippen molar-refractivity contribution in [1.29, 1.82) is 0 Å². The van der Waals surface area contributed by atoms with E-state index in [0.29, 0.717) is 12.4 Å². The van der Waals surface area contributed by atoms with Crippen LogP contribution < -0.4 is 4.74 Å². The summed E-state index contributed by atoms with van der Waals surface area (Å²) in [4.78, 5) is 18.4. The predicted molar refractivity (Wildman–Crippen MR) is 100 cm³/mol. The maximum absolute atomic E-state index is 11.9. The highest BCUT2D eigenvalue weighted by atomic mass is 16.5. The Morgan fingerprint density at radius 3 is 2.96 bits per heavy atom. The van der Waals surface area contributed by atoms with Crippen molar-refractivity contribution in [3.05, 3.63) is 43.5 Å². The van der Waals surface area contributed by atoms with E-state index in [1.54, 1.807) is 21.6 Å². The van der Waals surface area contributed by atoms with Crippen molar-refractivity contribution < 1.29 is 9.53 Å². The van der Waals surface area contributed by atoms with Gasteiger partial charge >= 0.3 is 0 Å². The van der Waals surface area contributed by atoms with Gasteiger partial charge in [0.15, 0.2) is 0 Å². The summed E-state index contributed by atoms with van der Waals surface area (Å²) in [5.41, 5.74) is 2.49. The molecule has 3 aromatic heterocycles. The van der Waals surface area contributed by atoms with Crippen LogP contribution in [0.1, 0.15) is 19.3 Å². The SMILES string of the molecule is C=CC(=O)N1CCC[C@@H](Oc2nc(-c3cnn(C)c3)cn3nccc23)CC1. The molecule has 0 radical (unpaired) electrons. The van der Waals surface area contributed by atoms with Crippen LogP contribution in [0.3, 0.4) is 0 Å². The van der Waals surface area contributed by atoms with E-state index in [-0.39, 0.29) is 12.0 Å². The number of rotatable bonds is 4. The van der Waals surface area contributed by atoms with Crippen molar-refractivity contribution in [3.63, 3.8) is 0 Å². The Hall–Kier alpha value is -3.16. The number of carbonyl (C=O) groups excluding carboxylic acids is 1. The average Bonchev–Trinajstić information content (AvgIpc) is 3.26. The van der Waals surface area contributed by atoms with Crippen LogP contribution in [0, 0.1) is 0 Å². The molecule has 0 aromatic carbocycles. The van der Waals surface area contributed by atoms with Gasteiger partial charge in [-0.15, -0.1) is 0 Å². The van der Waals surface area contributed by atoms with E-state index in [1.165, 1.54) is 6.08 Å². The quantitative estimate of drug-likeness (QED) is 0.661. The van der Waals surface area contributed by atoms with E-state index < -0.39 is 0 Å². The molecule has 0 N–H and O–H groups in total. The zero-order valence-corrected chi connectivity index (χ0v) is 15.3. The summed E-state index contributed by atoms with van der Waals surface area (Å²) >= 11 is 0. The van der Waals surface area contributed by atoms with E-state index >= 15 is 0 Å². The second kappa shape index (κ2) is 7.22. The minimum Gasteiger partial charge on any atom is -0.473 e. The first-order valence-corrected chi connectivity index (χ1v) is 9.05. The van der Waals surface area contributed by atoms with Crippen LogP contribution in [0.4, 0.5) is 0 Å². The number of fused-ring (bicyclic) bond motifs is 1. The summed E-state index contributed by atoms with van der Waals surface area (Å²) in [6.45, 7) is 4.96. The Bertz CT molecular complexity index is 976. The van der Waals surface area contributed by atoms with E-state index in [9.17, 15) is 4.79 Å². The van der Waals surface area contributed by atoms with Crippen LogP contribution in [-0.4, -0.2) is 54.4 Å². The first-order chi connectivity index (χ1) is 13.1. The topological polar surface area (TPSA) is 77.6 Å². The smallest absolute Gasteiger partial charge is 0.245 e. The van der Waals surface area contributed by atoms with Crippen molar-refractivity contribution in [1.82, 2.24) is 29.3 Å². The summed E-state index contributed by atoms with van der Waals surface area (Å²) in [6, 6.07) is 1.89. The predicted octanol–water partition coefficient (Wildman–Crippen LogP) is 2.08. The highest BCUT2D eigenvalue weighted by Gasteiger charge is 2.22. The minimum absolute atomic E-state index is 0.00274. The molecule has 1 amide bonds. The fraction of sp³-hybridized carbons (Fsp3) is 0.368. The highest BCUT2D eigenvalue weighted by molar-refractivity contribution is 5.87. The zero-order chi connectivity index (χ0) is 18.8. The molecule has 140 valence electrons. The van der Waals surface area contributed by atoms with Gasteiger partial charge in [0, 0.05) is 38.3 Å². The first kappa shape index (κ1) is 17.3. The Labute approximate surface area is 157 Å². The molecule has 1 saturated heterocycles. The van der Waals surface area contributed by atoms with Crippen molar-refractivity contribution in [3.8, 4) is 17.1 Å².